The summed E-state index contributed by atoms with van der Waals surface area (Å²) in [6.07, 6.45) is 1.05. The van der Waals surface area contributed by atoms with Crippen molar-refractivity contribution in [2.75, 3.05) is 20.1 Å². The van der Waals surface area contributed by atoms with Crippen molar-refractivity contribution < 1.29 is 5.11 Å². The topological polar surface area (TPSA) is 23.5 Å². The largest absolute Gasteiger partial charge is 0.507 e. The fraction of sp³-hybridized carbons (Fsp3) is 0.294. The molecular weight excluding hydrogens is 357 g/mol. The van der Waals surface area contributed by atoms with E-state index in [0.29, 0.717) is 11.7 Å². The number of benzene rings is 2. The molecule has 1 aliphatic heterocycles. The summed E-state index contributed by atoms with van der Waals surface area (Å²) in [5.74, 6) is 0.733. The molecule has 0 saturated carbocycles. The van der Waals surface area contributed by atoms with E-state index < -0.39 is 0 Å². The number of nitrogens with zero attached hydrogens (tertiary/aromatic N) is 1. The highest BCUT2D eigenvalue weighted by Crippen LogP contribution is 2.35. The van der Waals surface area contributed by atoms with Crippen molar-refractivity contribution >= 4 is 22.6 Å². The van der Waals surface area contributed by atoms with E-state index in [1.54, 1.807) is 0 Å². The zero-order valence-electron chi connectivity index (χ0n) is 11.5. The molecule has 1 N–H and O–H groups in total. The van der Waals surface area contributed by atoms with Crippen LogP contribution in [-0.4, -0.2) is 30.1 Å². The molecule has 0 fully saturated rings. The van der Waals surface area contributed by atoms with Crippen LogP contribution in [0.1, 0.15) is 22.6 Å². The second kappa shape index (κ2) is 5.74. The fourth-order valence-electron chi connectivity index (χ4n) is 2.94. The smallest absolute Gasteiger partial charge is 0.129 e. The molecule has 0 amide bonds. The normalized spacial score (nSPS) is 19.4. The molecule has 0 saturated heterocycles. The molecule has 2 aromatic carbocycles. The number of halogens is 1. The highest BCUT2D eigenvalue weighted by Gasteiger charge is 2.24. The molecule has 2 nitrogen and oxygen atoms in total. The van der Waals surface area contributed by atoms with Crippen LogP contribution in [0.15, 0.2) is 42.5 Å². The molecule has 3 rings (SSSR count). The Morgan fingerprint density at radius 1 is 1.20 bits per heavy atom. The minimum Gasteiger partial charge on any atom is -0.507 e. The Morgan fingerprint density at radius 3 is 2.70 bits per heavy atom. The molecule has 1 aliphatic rings. The highest BCUT2D eigenvalue weighted by molar-refractivity contribution is 14.1. The van der Waals surface area contributed by atoms with Crippen LogP contribution in [0.5, 0.6) is 5.75 Å². The second-order valence-corrected chi connectivity index (χ2v) is 6.64. The van der Waals surface area contributed by atoms with Gasteiger partial charge in [0.1, 0.15) is 5.75 Å². The molecule has 1 heterocycles. The van der Waals surface area contributed by atoms with Gasteiger partial charge in [0.15, 0.2) is 0 Å². The number of aromatic hydroxyl groups is 1. The first kappa shape index (κ1) is 13.9. The van der Waals surface area contributed by atoms with Gasteiger partial charge in [-0.2, -0.15) is 0 Å². The minimum absolute atomic E-state index is 0.335. The van der Waals surface area contributed by atoms with Gasteiger partial charge in [0.2, 0.25) is 0 Å². The highest BCUT2D eigenvalue weighted by atomic mass is 123. The summed E-state index contributed by atoms with van der Waals surface area (Å²) in [5, 5.41) is 10.1. The van der Waals surface area contributed by atoms with Gasteiger partial charge in [-0.15, -0.1) is 0 Å². The van der Waals surface area contributed by atoms with Crippen LogP contribution in [0.4, 0.5) is 0 Å². The molecule has 0 bridgehead atoms. The van der Waals surface area contributed by atoms with E-state index in [1.165, 1.54) is 16.7 Å². The van der Waals surface area contributed by atoms with Crippen molar-refractivity contribution in [1.29, 1.82) is 0 Å². The third kappa shape index (κ3) is 2.69. The summed E-state index contributed by atoms with van der Waals surface area (Å²) in [4.78, 5) is 2.38. The zero-order chi connectivity index (χ0) is 14.1. The van der Waals surface area contributed by atoms with Crippen LogP contribution >= 0.6 is 22.6 Å². The molecular formula is C17H18INO. The standard InChI is InChI=1S/C17H18INO/c1-19-8-7-13-9-16(18)17(20)10-14(13)15(11-19)12-5-3-2-4-6-12/h2-6,9-10,15,20H,7-8,11H2,1H3/t15-/m1/s1/i18-4. The molecule has 104 valence electrons. The number of phenolic OH excluding ortho intramolecular Hbond substituents is 1. The van der Waals surface area contributed by atoms with Gasteiger partial charge in [-0.1, -0.05) is 30.3 Å². The van der Waals surface area contributed by atoms with E-state index in [-0.39, 0.29) is 0 Å². The van der Waals surface area contributed by atoms with Gasteiger partial charge in [0.25, 0.3) is 0 Å². The van der Waals surface area contributed by atoms with Gasteiger partial charge in [-0.05, 0) is 64.9 Å². The Kier molecular flexibility index (Phi) is 3.98. The molecule has 0 spiro atoms. The Hall–Kier alpha value is -1.07. The van der Waals surface area contributed by atoms with E-state index in [9.17, 15) is 5.11 Å². The van der Waals surface area contributed by atoms with Crippen LogP contribution in [0, 0.1) is 3.57 Å². The van der Waals surface area contributed by atoms with Crippen LogP contribution in [0.2, 0.25) is 0 Å². The monoisotopic (exact) mass is 375 g/mol. The van der Waals surface area contributed by atoms with Crippen molar-refractivity contribution in [3.63, 3.8) is 0 Å². The Morgan fingerprint density at radius 2 is 1.95 bits per heavy atom. The predicted molar refractivity (Wildman–Crippen MR) is 90.3 cm³/mol. The van der Waals surface area contributed by atoms with E-state index >= 15 is 0 Å². The summed E-state index contributed by atoms with van der Waals surface area (Å²) in [7, 11) is 2.17. The number of hydrogen-bond donors (Lipinski definition) is 1. The summed E-state index contributed by atoms with van der Waals surface area (Å²) >= 11 is 2.21. The Balaban J connectivity index is 2.12. The van der Waals surface area contributed by atoms with Crippen LogP contribution < -0.4 is 0 Å². The number of rotatable bonds is 1. The van der Waals surface area contributed by atoms with Crippen LogP contribution in [0.25, 0.3) is 0 Å². The maximum atomic E-state index is 10.1. The molecule has 0 radical (unpaired) electrons. The molecule has 2 aromatic rings. The number of hydrogen-bond acceptors (Lipinski definition) is 2. The van der Waals surface area contributed by atoms with Gasteiger partial charge in [0.05, 0.1) is 3.57 Å². The first-order chi connectivity index (χ1) is 9.65. The van der Waals surface area contributed by atoms with Crippen molar-refractivity contribution in [1.82, 2.24) is 4.90 Å². The van der Waals surface area contributed by atoms with Gasteiger partial charge in [0, 0.05) is 19.0 Å². The van der Waals surface area contributed by atoms with E-state index in [2.05, 4.69) is 70.9 Å². The minimum atomic E-state index is 0.335. The quantitative estimate of drug-likeness (QED) is 0.770. The average molecular weight is 375 g/mol. The summed E-state index contributed by atoms with van der Waals surface area (Å²) in [5.41, 5.74) is 3.96. The summed E-state index contributed by atoms with van der Waals surface area (Å²) in [6, 6.07) is 14.7. The number of likely N-dealkylation sites (N-methyl/N-ethyl adjacent to an activating group) is 1. The number of fused-ring (bicyclic) bond motifs is 1. The lowest BCUT2D eigenvalue weighted by Gasteiger charge is -2.22. The van der Waals surface area contributed by atoms with Crippen LogP contribution in [0.3, 0.4) is 0 Å². The molecule has 0 unspecified atom stereocenters. The van der Waals surface area contributed by atoms with Gasteiger partial charge < -0.3 is 10.0 Å². The fourth-order valence-corrected chi connectivity index (χ4v) is 3.47. The lowest BCUT2D eigenvalue weighted by Crippen LogP contribution is -2.24. The maximum absolute atomic E-state index is 10.1. The SMILES string of the molecule is CN1CCc2cc([123I])c(O)cc2[C@@H](c2ccccc2)C1. The summed E-state index contributed by atoms with van der Waals surface area (Å²) < 4.78 is 0.942. The predicted octanol–water partition coefficient (Wildman–Crippen LogP) is 3.62. The maximum Gasteiger partial charge on any atom is 0.129 e. The van der Waals surface area contributed by atoms with Crippen molar-refractivity contribution in [3.05, 3.63) is 62.7 Å². The second-order valence-electron chi connectivity index (χ2n) is 5.48. The molecule has 0 aromatic heterocycles. The first-order valence-electron chi connectivity index (χ1n) is 6.90. The molecule has 3 heteroatoms. The molecule has 20 heavy (non-hydrogen) atoms. The Bertz CT molecular complexity index is 612. The van der Waals surface area contributed by atoms with Crippen LogP contribution in [-0.2, 0) is 6.42 Å². The summed E-state index contributed by atoms with van der Waals surface area (Å²) in [6.45, 7) is 2.06. The lowest BCUT2D eigenvalue weighted by molar-refractivity contribution is 0.338. The third-order valence-corrected chi connectivity index (χ3v) is 4.91. The average Bonchev–Trinajstić information content (AvgIpc) is 2.61. The lowest BCUT2D eigenvalue weighted by atomic mass is 9.88. The van der Waals surface area contributed by atoms with Gasteiger partial charge in [-0.25, -0.2) is 0 Å². The van der Waals surface area contributed by atoms with E-state index in [1.807, 2.05) is 6.07 Å². The Labute approximate surface area is 133 Å². The zero-order valence-corrected chi connectivity index (χ0v) is 13.7. The van der Waals surface area contributed by atoms with Gasteiger partial charge in [-0.3, -0.25) is 0 Å². The van der Waals surface area contributed by atoms with E-state index in [0.717, 1.165) is 23.1 Å². The van der Waals surface area contributed by atoms with Gasteiger partial charge >= 0.3 is 0 Å². The first-order valence-corrected chi connectivity index (χ1v) is 7.98. The van der Waals surface area contributed by atoms with Crippen molar-refractivity contribution in [2.45, 2.75) is 12.3 Å². The third-order valence-electron chi connectivity index (χ3n) is 4.04. The van der Waals surface area contributed by atoms with Crippen molar-refractivity contribution in [3.8, 4) is 5.75 Å². The molecule has 0 aliphatic carbocycles. The molecule has 1 atom stereocenters. The van der Waals surface area contributed by atoms with E-state index in [4.69, 9.17) is 0 Å². The number of phenols is 1. The van der Waals surface area contributed by atoms with Crippen molar-refractivity contribution in [2.24, 2.45) is 0 Å².